The third-order valence-corrected chi connectivity index (χ3v) is 7.93. The van der Waals surface area contributed by atoms with Crippen LogP contribution in [0.25, 0.3) is 0 Å². The number of ether oxygens (including phenoxy) is 1. The molecule has 0 fully saturated rings. The van der Waals surface area contributed by atoms with Gasteiger partial charge in [-0.25, -0.2) is 0 Å². The Labute approximate surface area is 175 Å². The zero-order chi connectivity index (χ0) is 20.1. The van der Waals surface area contributed by atoms with Gasteiger partial charge in [0.1, 0.15) is 0 Å². The summed E-state index contributed by atoms with van der Waals surface area (Å²) < 4.78 is 6.36. The summed E-state index contributed by atoms with van der Waals surface area (Å²) in [5.41, 5.74) is 1.19. The van der Waals surface area contributed by atoms with E-state index in [4.69, 9.17) is 4.74 Å². The molecule has 4 nitrogen and oxygen atoms in total. The van der Waals surface area contributed by atoms with E-state index in [1.807, 2.05) is 13.0 Å². The van der Waals surface area contributed by atoms with Crippen LogP contribution in [0.1, 0.15) is 31.7 Å². The van der Waals surface area contributed by atoms with E-state index in [0.29, 0.717) is 20.9 Å². The zero-order valence-corrected chi connectivity index (χ0v) is 18.5. The molecular formula is C21H20Br2O4. The molecule has 1 N–H and O–H groups in total. The van der Waals surface area contributed by atoms with Crippen molar-refractivity contribution in [2.75, 3.05) is 7.11 Å². The van der Waals surface area contributed by atoms with Crippen LogP contribution in [-0.2, 0) is 9.59 Å². The number of aromatic hydroxyl groups is 1. The number of phenolic OH excluding ortho intramolecular Hbond substituents is 1. The number of methoxy groups -OCH3 is 1. The molecular weight excluding hydrogens is 476 g/mol. The first-order valence-electron chi connectivity index (χ1n) is 8.52. The molecule has 27 heavy (non-hydrogen) atoms. The van der Waals surface area contributed by atoms with Gasteiger partial charge in [-0.1, -0.05) is 25.7 Å². The van der Waals surface area contributed by atoms with Gasteiger partial charge in [0.25, 0.3) is 0 Å². The molecule has 2 aliphatic rings. The number of allylic oxidation sites excluding steroid dienone is 5. The first-order valence-corrected chi connectivity index (χ1v) is 10.1. The predicted octanol–water partition coefficient (Wildman–Crippen LogP) is 5.25. The van der Waals surface area contributed by atoms with Crippen LogP contribution in [0.4, 0.5) is 0 Å². The quantitative estimate of drug-likeness (QED) is 0.622. The number of hydrogen-bond donors (Lipinski definition) is 1. The highest BCUT2D eigenvalue weighted by Gasteiger charge is 2.55. The minimum Gasteiger partial charge on any atom is -0.503 e. The van der Waals surface area contributed by atoms with Crippen LogP contribution in [0, 0.1) is 11.3 Å². The van der Waals surface area contributed by atoms with Gasteiger partial charge in [0, 0.05) is 16.3 Å². The third-order valence-electron chi connectivity index (χ3n) is 5.77. The summed E-state index contributed by atoms with van der Waals surface area (Å²) >= 11 is 6.92. The molecule has 0 amide bonds. The lowest BCUT2D eigenvalue weighted by Gasteiger charge is -2.47. The van der Waals surface area contributed by atoms with Gasteiger partial charge in [-0.15, -0.1) is 0 Å². The minimum atomic E-state index is -0.946. The minimum absolute atomic E-state index is 0.00222. The highest BCUT2D eigenvalue weighted by Crippen LogP contribution is 2.57. The standard InChI is InChI=1S/C21H20Br2O4/c1-5-11-6-7-13-19(25)10(2)8-15(24)21(13,3)16(11)12-9-14(27-4)20(26)18(23)17(12)22/h5-6,8-9,13,16,26H,1,7H2,2-4H3/t13-,16+,21-/m0/s1. The molecule has 3 atom stereocenters. The molecule has 142 valence electrons. The average Bonchev–Trinajstić information content (AvgIpc) is 2.65. The normalized spacial score (nSPS) is 27.6. The number of rotatable bonds is 3. The SMILES string of the molecule is C=CC1=CC[C@H]2C(=O)C(C)=CC(=O)[C@@]2(C)[C@H]1c1cc(OC)c(O)c(Br)c1Br. The number of hydrogen-bond acceptors (Lipinski definition) is 4. The monoisotopic (exact) mass is 494 g/mol. The van der Waals surface area contributed by atoms with Crippen LogP contribution in [0.2, 0.25) is 0 Å². The van der Waals surface area contributed by atoms with Crippen LogP contribution in [0.3, 0.4) is 0 Å². The van der Waals surface area contributed by atoms with Gasteiger partial charge in [0.15, 0.2) is 23.1 Å². The first-order chi connectivity index (χ1) is 12.7. The van der Waals surface area contributed by atoms with Gasteiger partial charge in [0.05, 0.1) is 17.0 Å². The molecule has 0 heterocycles. The molecule has 2 aliphatic carbocycles. The maximum absolute atomic E-state index is 13.2. The fraction of sp³-hybridized carbons (Fsp3) is 0.333. The van der Waals surface area contributed by atoms with Crippen molar-refractivity contribution in [3.05, 3.63) is 56.5 Å². The summed E-state index contributed by atoms with van der Waals surface area (Å²) in [4.78, 5) is 26.0. The number of ketones is 2. The molecule has 0 saturated heterocycles. The number of benzene rings is 1. The van der Waals surface area contributed by atoms with Gasteiger partial charge in [-0.3, -0.25) is 9.59 Å². The maximum Gasteiger partial charge on any atom is 0.173 e. The van der Waals surface area contributed by atoms with Crippen LogP contribution < -0.4 is 4.74 Å². The van der Waals surface area contributed by atoms with Gasteiger partial charge in [-0.2, -0.15) is 0 Å². The molecule has 0 bridgehead atoms. The summed E-state index contributed by atoms with van der Waals surface area (Å²) in [5.74, 6) is -0.657. The van der Waals surface area contributed by atoms with Crippen LogP contribution in [0.5, 0.6) is 11.5 Å². The second-order valence-corrected chi connectivity index (χ2v) is 8.70. The lowest BCUT2D eigenvalue weighted by atomic mass is 9.53. The number of carbonyl (C=O) groups is 2. The fourth-order valence-corrected chi connectivity index (χ4v) is 5.19. The summed E-state index contributed by atoms with van der Waals surface area (Å²) in [5, 5.41) is 10.3. The van der Waals surface area contributed by atoms with Crippen molar-refractivity contribution in [1.82, 2.24) is 0 Å². The van der Waals surface area contributed by atoms with E-state index in [0.717, 1.165) is 11.1 Å². The van der Waals surface area contributed by atoms with Crippen molar-refractivity contribution in [2.24, 2.45) is 11.3 Å². The Hall–Kier alpha value is -1.66. The van der Waals surface area contributed by atoms with E-state index >= 15 is 0 Å². The number of Topliss-reactive ketones (excluding diaryl/α,β-unsaturated/α-hetero) is 1. The Morgan fingerprint density at radius 1 is 1.33 bits per heavy atom. The van der Waals surface area contributed by atoms with Crippen molar-refractivity contribution >= 4 is 43.4 Å². The highest BCUT2D eigenvalue weighted by atomic mass is 79.9. The van der Waals surface area contributed by atoms with Crippen molar-refractivity contribution in [3.8, 4) is 11.5 Å². The molecule has 0 spiro atoms. The van der Waals surface area contributed by atoms with E-state index < -0.39 is 17.3 Å². The third kappa shape index (κ3) is 2.85. The smallest absolute Gasteiger partial charge is 0.173 e. The number of carbonyl (C=O) groups excluding carboxylic acids is 2. The van der Waals surface area contributed by atoms with E-state index in [2.05, 4.69) is 38.4 Å². The van der Waals surface area contributed by atoms with Crippen molar-refractivity contribution in [1.29, 1.82) is 0 Å². The molecule has 0 saturated carbocycles. The van der Waals surface area contributed by atoms with E-state index in [1.54, 1.807) is 19.1 Å². The fourth-order valence-electron chi connectivity index (χ4n) is 4.24. The Balaban J connectivity index is 2.33. The Kier molecular flexibility index (Phi) is 5.25. The van der Waals surface area contributed by atoms with Crippen molar-refractivity contribution in [2.45, 2.75) is 26.2 Å². The first kappa shape index (κ1) is 20.1. The number of halogens is 2. The van der Waals surface area contributed by atoms with Gasteiger partial charge < -0.3 is 9.84 Å². The van der Waals surface area contributed by atoms with Crippen molar-refractivity contribution in [3.63, 3.8) is 0 Å². The van der Waals surface area contributed by atoms with Crippen LogP contribution in [0.15, 0.2) is 51.0 Å². The Morgan fingerprint density at radius 3 is 2.59 bits per heavy atom. The van der Waals surface area contributed by atoms with Crippen LogP contribution >= 0.6 is 31.9 Å². The van der Waals surface area contributed by atoms with Gasteiger partial charge in [-0.05, 0) is 74.1 Å². The summed E-state index contributed by atoms with van der Waals surface area (Å²) in [6.07, 6.45) is 5.67. The highest BCUT2D eigenvalue weighted by molar-refractivity contribution is 9.13. The molecule has 1 aromatic carbocycles. The lowest BCUT2D eigenvalue weighted by molar-refractivity contribution is -0.137. The van der Waals surface area contributed by atoms with E-state index in [1.165, 1.54) is 13.2 Å². The van der Waals surface area contributed by atoms with E-state index in [9.17, 15) is 14.7 Å². The molecule has 1 aromatic rings. The predicted molar refractivity (Wildman–Crippen MR) is 111 cm³/mol. The van der Waals surface area contributed by atoms with E-state index in [-0.39, 0.29) is 23.1 Å². The molecule has 0 unspecified atom stereocenters. The molecule has 0 radical (unpaired) electrons. The molecule has 6 heteroatoms. The summed E-state index contributed by atoms with van der Waals surface area (Å²) in [6, 6.07) is 1.71. The molecule has 0 aromatic heterocycles. The zero-order valence-electron chi connectivity index (χ0n) is 15.3. The Bertz CT molecular complexity index is 929. The second kappa shape index (κ2) is 7.06. The second-order valence-electron chi connectivity index (χ2n) is 7.11. The number of phenols is 1. The van der Waals surface area contributed by atoms with Gasteiger partial charge in [0.2, 0.25) is 0 Å². The summed E-state index contributed by atoms with van der Waals surface area (Å²) in [7, 11) is 1.47. The summed E-state index contributed by atoms with van der Waals surface area (Å²) in [6.45, 7) is 7.45. The molecule has 3 rings (SSSR count). The molecule has 0 aliphatic heterocycles. The number of fused-ring (bicyclic) bond motifs is 1. The maximum atomic E-state index is 13.2. The topological polar surface area (TPSA) is 63.6 Å². The largest absolute Gasteiger partial charge is 0.503 e. The Morgan fingerprint density at radius 2 is 2.00 bits per heavy atom. The van der Waals surface area contributed by atoms with Crippen molar-refractivity contribution < 1.29 is 19.4 Å². The van der Waals surface area contributed by atoms with Gasteiger partial charge >= 0.3 is 0 Å². The average molecular weight is 496 g/mol. The van der Waals surface area contributed by atoms with Crippen LogP contribution in [-0.4, -0.2) is 23.8 Å². The lowest BCUT2D eigenvalue weighted by Crippen LogP contribution is -2.49.